The molecule has 1 fully saturated rings. The highest BCUT2D eigenvalue weighted by Crippen LogP contribution is 2.29. The van der Waals surface area contributed by atoms with Crippen LogP contribution in [0.25, 0.3) is 0 Å². The molecule has 0 saturated carbocycles. The molecule has 0 bridgehead atoms. The molecule has 24 heavy (non-hydrogen) atoms. The molecule has 1 heterocycles. The summed E-state index contributed by atoms with van der Waals surface area (Å²) in [5, 5.41) is 6.98. The van der Waals surface area contributed by atoms with Gasteiger partial charge >= 0.3 is 0 Å². The van der Waals surface area contributed by atoms with Gasteiger partial charge in [-0.05, 0) is 42.3 Å². The Morgan fingerprint density at radius 2 is 2.00 bits per heavy atom. The molecule has 2 aromatic rings. The van der Waals surface area contributed by atoms with Crippen LogP contribution in [0.15, 0.2) is 48.5 Å². The lowest BCUT2D eigenvalue weighted by Crippen LogP contribution is -2.36. The van der Waals surface area contributed by atoms with E-state index in [4.69, 9.17) is 11.6 Å². The zero-order valence-corrected chi connectivity index (χ0v) is 14.2. The predicted octanol–water partition coefficient (Wildman–Crippen LogP) is 3.66. The Hall–Kier alpha value is -1.91. The van der Waals surface area contributed by atoms with Crippen molar-refractivity contribution in [3.8, 4) is 0 Å². The van der Waals surface area contributed by atoms with E-state index in [1.807, 2.05) is 37.3 Å². The molecule has 1 aliphatic rings. The molecule has 1 amide bonds. The number of amides is 1. The van der Waals surface area contributed by atoms with Gasteiger partial charge in [0.05, 0.1) is 12.0 Å². The first-order chi connectivity index (χ1) is 11.5. The van der Waals surface area contributed by atoms with E-state index < -0.39 is 0 Å². The molecule has 1 aliphatic heterocycles. The highest BCUT2D eigenvalue weighted by molar-refractivity contribution is 6.30. The maximum absolute atomic E-state index is 13.3. The van der Waals surface area contributed by atoms with Crippen molar-refractivity contribution >= 4 is 17.5 Å². The van der Waals surface area contributed by atoms with Gasteiger partial charge in [-0.15, -0.1) is 0 Å². The molecule has 0 aromatic heterocycles. The summed E-state index contributed by atoms with van der Waals surface area (Å²) in [5.41, 5.74) is 1.86. The van der Waals surface area contributed by atoms with Gasteiger partial charge in [0.15, 0.2) is 0 Å². The number of benzene rings is 2. The van der Waals surface area contributed by atoms with E-state index >= 15 is 0 Å². The standard InChI is InChI=1S/C19H20ClFN2O/c1-12(14-3-2-4-16(21)9-14)23-19(24)18-11-22-10-17(18)13-5-7-15(20)8-6-13/h2-9,12,17-18,22H,10-11H2,1H3,(H,23,24)/t12-,17-,18+/m1/s1. The molecule has 0 spiro atoms. The van der Waals surface area contributed by atoms with Crippen molar-refractivity contribution in [2.24, 2.45) is 5.92 Å². The average Bonchev–Trinajstić information content (AvgIpc) is 3.05. The van der Waals surface area contributed by atoms with Gasteiger partial charge < -0.3 is 10.6 Å². The van der Waals surface area contributed by atoms with E-state index in [1.165, 1.54) is 12.1 Å². The van der Waals surface area contributed by atoms with Crippen molar-refractivity contribution < 1.29 is 9.18 Å². The Morgan fingerprint density at radius 1 is 1.25 bits per heavy atom. The largest absolute Gasteiger partial charge is 0.349 e. The van der Waals surface area contributed by atoms with Crippen molar-refractivity contribution in [2.45, 2.75) is 18.9 Å². The minimum atomic E-state index is -0.296. The molecule has 1 saturated heterocycles. The zero-order valence-electron chi connectivity index (χ0n) is 13.4. The van der Waals surface area contributed by atoms with Crippen molar-refractivity contribution in [3.63, 3.8) is 0 Å². The van der Waals surface area contributed by atoms with E-state index in [-0.39, 0.29) is 29.6 Å². The van der Waals surface area contributed by atoms with Crippen LogP contribution in [-0.2, 0) is 4.79 Å². The second-order valence-electron chi connectivity index (χ2n) is 6.21. The first kappa shape index (κ1) is 16.9. The van der Waals surface area contributed by atoms with Crippen molar-refractivity contribution in [3.05, 3.63) is 70.5 Å². The van der Waals surface area contributed by atoms with Gasteiger partial charge in [0.25, 0.3) is 0 Å². The molecular weight excluding hydrogens is 327 g/mol. The lowest BCUT2D eigenvalue weighted by atomic mass is 9.88. The summed E-state index contributed by atoms with van der Waals surface area (Å²) < 4.78 is 13.3. The Kier molecular flexibility index (Phi) is 5.17. The van der Waals surface area contributed by atoms with Gasteiger partial charge in [-0.1, -0.05) is 35.9 Å². The lowest BCUT2D eigenvalue weighted by molar-refractivity contribution is -0.125. The fraction of sp³-hybridized carbons (Fsp3) is 0.316. The minimum Gasteiger partial charge on any atom is -0.349 e. The topological polar surface area (TPSA) is 41.1 Å². The van der Waals surface area contributed by atoms with Crippen LogP contribution in [0.1, 0.15) is 30.0 Å². The maximum Gasteiger partial charge on any atom is 0.225 e. The third kappa shape index (κ3) is 3.77. The Morgan fingerprint density at radius 3 is 2.71 bits per heavy atom. The molecule has 0 unspecified atom stereocenters. The SMILES string of the molecule is C[C@@H](NC(=O)[C@H]1CNC[C@@H]1c1ccc(Cl)cc1)c1cccc(F)c1. The van der Waals surface area contributed by atoms with Crippen molar-refractivity contribution in [2.75, 3.05) is 13.1 Å². The first-order valence-electron chi connectivity index (χ1n) is 8.06. The van der Waals surface area contributed by atoms with Crippen LogP contribution in [0.2, 0.25) is 5.02 Å². The van der Waals surface area contributed by atoms with E-state index in [1.54, 1.807) is 6.07 Å². The molecule has 2 aromatic carbocycles. The summed E-state index contributed by atoms with van der Waals surface area (Å²) >= 11 is 5.94. The molecule has 0 radical (unpaired) electrons. The van der Waals surface area contributed by atoms with Gasteiger partial charge in [0.2, 0.25) is 5.91 Å². The normalized spacial score (nSPS) is 21.5. The first-order valence-corrected chi connectivity index (χ1v) is 8.44. The number of carbonyl (C=O) groups is 1. The molecular formula is C19H20ClFN2O. The molecule has 3 atom stereocenters. The summed E-state index contributed by atoms with van der Waals surface area (Å²) in [6.07, 6.45) is 0. The van der Waals surface area contributed by atoms with Crippen LogP contribution in [0.5, 0.6) is 0 Å². The molecule has 3 rings (SSSR count). The van der Waals surface area contributed by atoms with Gasteiger partial charge in [0, 0.05) is 24.0 Å². The molecule has 5 heteroatoms. The van der Waals surface area contributed by atoms with Crippen molar-refractivity contribution in [1.82, 2.24) is 10.6 Å². The molecule has 0 aliphatic carbocycles. The summed E-state index contributed by atoms with van der Waals surface area (Å²) in [4.78, 5) is 12.7. The minimum absolute atomic E-state index is 0.0169. The average molecular weight is 347 g/mol. The number of nitrogens with one attached hydrogen (secondary N) is 2. The number of carbonyl (C=O) groups excluding carboxylic acids is 1. The number of hydrogen-bond donors (Lipinski definition) is 2. The quantitative estimate of drug-likeness (QED) is 0.887. The van der Waals surface area contributed by atoms with E-state index in [9.17, 15) is 9.18 Å². The fourth-order valence-electron chi connectivity index (χ4n) is 3.19. The van der Waals surface area contributed by atoms with Crippen LogP contribution in [0.4, 0.5) is 4.39 Å². The summed E-state index contributed by atoms with van der Waals surface area (Å²) in [7, 11) is 0. The third-order valence-electron chi connectivity index (χ3n) is 4.56. The van der Waals surface area contributed by atoms with Crippen LogP contribution in [-0.4, -0.2) is 19.0 Å². The second kappa shape index (κ2) is 7.32. The van der Waals surface area contributed by atoms with Gasteiger partial charge in [-0.25, -0.2) is 4.39 Å². The fourth-order valence-corrected chi connectivity index (χ4v) is 3.32. The Labute approximate surface area is 146 Å². The zero-order chi connectivity index (χ0) is 17.1. The van der Waals surface area contributed by atoms with Crippen LogP contribution in [0, 0.1) is 11.7 Å². The predicted molar refractivity (Wildman–Crippen MR) is 93.5 cm³/mol. The van der Waals surface area contributed by atoms with Gasteiger partial charge in [-0.3, -0.25) is 4.79 Å². The number of hydrogen-bond acceptors (Lipinski definition) is 2. The van der Waals surface area contributed by atoms with E-state index in [2.05, 4.69) is 10.6 Å². The van der Waals surface area contributed by atoms with Crippen LogP contribution in [0.3, 0.4) is 0 Å². The van der Waals surface area contributed by atoms with Crippen molar-refractivity contribution in [1.29, 1.82) is 0 Å². The van der Waals surface area contributed by atoms with Crippen LogP contribution >= 0.6 is 11.6 Å². The summed E-state index contributed by atoms with van der Waals surface area (Å²) in [5.74, 6) is -0.351. The van der Waals surface area contributed by atoms with E-state index in [0.717, 1.165) is 17.7 Å². The highest BCUT2D eigenvalue weighted by Gasteiger charge is 2.34. The smallest absolute Gasteiger partial charge is 0.225 e. The number of rotatable bonds is 4. The monoisotopic (exact) mass is 346 g/mol. The third-order valence-corrected chi connectivity index (χ3v) is 4.81. The summed E-state index contributed by atoms with van der Waals surface area (Å²) in [6.45, 7) is 3.26. The summed E-state index contributed by atoms with van der Waals surface area (Å²) in [6, 6.07) is 13.7. The van der Waals surface area contributed by atoms with Crippen LogP contribution < -0.4 is 10.6 Å². The van der Waals surface area contributed by atoms with Gasteiger partial charge in [0.1, 0.15) is 5.82 Å². The second-order valence-corrected chi connectivity index (χ2v) is 6.64. The molecule has 2 N–H and O–H groups in total. The maximum atomic E-state index is 13.3. The molecule has 3 nitrogen and oxygen atoms in total. The number of halogens is 2. The lowest BCUT2D eigenvalue weighted by Gasteiger charge is -2.22. The molecule has 126 valence electrons. The Balaban J connectivity index is 1.70. The Bertz CT molecular complexity index is 720. The highest BCUT2D eigenvalue weighted by atomic mass is 35.5. The van der Waals surface area contributed by atoms with Gasteiger partial charge in [-0.2, -0.15) is 0 Å². The van der Waals surface area contributed by atoms with E-state index in [0.29, 0.717) is 11.6 Å².